The van der Waals surface area contributed by atoms with Crippen LogP contribution in [0.3, 0.4) is 0 Å². The highest BCUT2D eigenvalue weighted by Gasteiger charge is 2.48. The van der Waals surface area contributed by atoms with Crippen molar-refractivity contribution in [1.29, 1.82) is 0 Å². The van der Waals surface area contributed by atoms with E-state index in [1.54, 1.807) is 0 Å². The van der Waals surface area contributed by atoms with Gasteiger partial charge in [0.1, 0.15) is 0 Å². The summed E-state index contributed by atoms with van der Waals surface area (Å²) in [5.41, 5.74) is 2.11. The minimum Gasteiger partial charge on any atom is -0.370 e. The predicted octanol–water partition coefficient (Wildman–Crippen LogP) is 2.62. The van der Waals surface area contributed by atoms with E-state index in [0.717, 1.165) is 57.6 Å². The van der Waals surface area contributed by atoms with Gasteiger partial charge in [0.15, 0.2) is 0 Å². The van der Waals surface area contributed by atoms with Gasteiger partial charge in [0, 0.05) is 43.8 Å². The van der Waals surface area contributed by atoms with Gasteiger partial charge in [0.25, 0.3) is 0 Å². The summed E-state index contributed by atoms with van der Waals surface area (Å²) in [6.45, 7) is 7.88. The Morgan fingerprint density at radius 3 is 2.95 bits per heavy atom. The maximum atomic E-state index is 12.9. The number of anilines is 1. The van der Waals surface area contributed by atoms with Crippen LogP contribution in [-0.4, -0.2) is 42.0 Å². The first kappa shape index (κ1) is 14.4. The monoisotopic (exact) mass is 287 g/mol. The lowest BCUT2D eigenvalue weighted by atomic mass is 9.78. The fourth-order valence-electron chi connectivity index (χ4n) is 3.83. The number of hydrogen-bond acceptors (Lipinski definition) is 3. The summed E-state index contributed by atoms with van der Waals surface area (Å²) >= 11 is 0. The van der Waals surface area contributed by atoms with Crippen LogP contribution in [0.25, 0.3) is 0 Å². The molecular formula is C17H25N3O. The molecule has 1 aromatic rings. The number of aromatic nitrogens is 1. The Balaban J connectivity index is 1.77. The van der Waals surface area contributed by atoms with Crippen LogP contribution in [0, 0.1) is 12.3 Å². The Kier molecular flexibility index (Phi) is 3.87. The lowest BCUT2D eigenvalue weighted by Gasteiger charge is -2.39. The number of carbonyl (C=O) groups excluding carboxylic acids is 1. The molecule has 0 saturated carbocycles. The second-order valence-electron chi connectivity index (χ2n) is 6.50. The third-order valence-corrected chi connectivity index (χ3v) is 4.92. The Bertz CT molecular complexity index is 529. The Morgan fingerprint density at radius 1 is 1.33 bits per heavy atom. The van der Waals surface area contributed by atoms with Crippen molar-refractivity contribution in [3.05, 3.63) is 24.0 Å². The van der Waals surface area contributed by atoms with E-state index in [1.807, 2.05) is 13.1 Å². The molecule has 1 atom stereocenters. The molecule has 2 aliphatic rings. The van der Waals surface area contributed by atoms with Crippen LogP contribution < -0.4 is 4.90 Å². The Labute approximate surface area is 127 Å². The standard InChI is InChI=1S/C17H25N3O/c1-3-9-19-10-4-6-17(16(19)21)7-11-20(13-17)15-5-8-18-14(2)12-15/h5,8,12H,3-4,6-7,9-11,13H2,1-2H3/t17-/m0/s1. The van der Waals surface area contributed by atoms with E-state index in [-0.39, 0.29) is 5.41 Å². The molecular weight excluding hydrogens is 262 g/mol. The van der Waals surface area contributed by atoms with E-state index in [0.29, 0.717) is 5.91 Å². The Morgan fingerprint density at radius 2 is 2.19 bits per heavy atom. The third kappa shape index (κ3) is 2.63. The topological polar surface area (TPSA) is 36.4 Å². The van der Waals surface area contributed by atoms with Crippen molar-refractivity contribution in [2.45, 2.75) is 39.5 Å². The maximum Gasteiger partial charge on any atom is 0.230 e. The predicted molar refractivity (Wildman–Crippen MR) is 84.3 cm³/mol. The summed E-state index contributed by atoms with van der Waals surface area (Å²) in [4.78, 5) is 21.6. The van der Waals surface area contributed by atoms with Crippen molar-refractivity contribution in [3.8, 4) is 0 Å². The molecule has 0 unspecified atom stereocenters. The molecule has 1 spiro atoms. The second kappa shape index (κ2) is 5.66. The minimum absolute atomic E-state index is 0.134. The number of pyridine rings is 1. The molecule has 114 valence electrons. The number of carbonyl (C=O) groups is 1. The quantitative estimate of drug-likeness (QED) is 0.857. The van der Waals surface area contributed by atoms with Crippen LogP contribution in [0.5, 0.6) is 0 Å². The number of hydrogen-bond donors (Lipinski definition) is 0. The number of aryl methyl sites for hydroxylation is 1. The van der Waals surface area contributed by atoms with Gasteiger partial charge in [-0.1, -0.05) is 6.92 Å². The second-order valence-corrected chi connectivity index (χ2v) is 6.50. The summed E-state index contributed by atoms with van der Waals surface area (Å²) in [7, 11) is 0. The van der Waals surface area contributed by atoms with Crippen LogP contribution >= 0.6 is 0 Å². The van der Waals surface area contributed by atoms with Gasteiger partial charge in [-0.15, -0.1) is 0 Å². The molecule has 2 saturated heterocycles. The highest BCUT2D eigenvalue weighted by atomic mass is 16.2. The van der Waals surface area contributed by atoms with E-state index in [4.69, 9.17) is 0 Å². The molecule has 1 aromatic heterocycles. The molecule has 4 nitrogen and oxygen atoms in total. The zero-order valence-electron chi connectivity index (χ0n) is 13.1. The van der Waals surface area contributed by atoms with Gasteiger partial charge < -0.3 is 9.80 Å². The van der Waals surface area contributed by atoms with E-state index in [2.05, 4.69) is 33.8 Å². The van der Waals surface area contributed by atoms with Crippen LogP contribution in [0.2, 0.25) is 0 Å². The summed E-state index contributed by atoms with van der Waals surface area (Å²) in [6.07, 6.45) is 6.10. The Hall–Kier alpha value is -1.58. The van der Waals surface area contributed by atoms with Crippen molar-refractivity contribution < 1.29 is 4.79 Å². The molecule has 2 fully saturated rings. The maximum absolute atomic E-state index is 12.9. The first-order chi connectivity index (χ1) is 10.1. The largest absolute Gasteiger partial charge is 0.370 e. The molecule has 3 heterocycles. The highest BCUT2D eigenvalue weighted by Crippen LogP contribution is 2.41. The fraction of sp³-hybridized carbons (Fsp3) is 0.647. The summed E-state index contributed by atoms with van der Waals surface area (Å²) in [5.74, 6) is 0.392. The summed E-state index contributed by atoms with van der Waals surface area (Å²) < 4.78 is 0. The van der Waals surface area contributed by atoms with Gasteiger partial charge in [-0.05, 0) is 44.7 Å². The highest BCUT2D eigenvalue weighted by molar-refractivity contribution is 5.85. The fourth-order valence-corrected chi connectivity index (χ4v) is 3.83. The van der Waals surface area contributed by atoms with Crippen molar-refractivity contribution >= 4 is 11.6 Å². The lowest BCUT2D eigenvalue weighted by molar-refractivity contribution is -0.145. The van der Waals surface area contributed by atoms with Crippen molar-refractivity contribution in [3.63, 3.8) is 0 Å². The SMILES string of the molecule is CCCN1CCC[C@@]2(CCN(c3ccnc(C)c3)C2)C1=O. The van der Waals surface area contributed by atoms with Crippen molar-refractivity contribution in [1.82, 2.24) is 9.88 Å². The van der Waals surface area contributed by atoms with E-state index >= 15 is 0 Å². The number of likely N-dealkylation sites (tertiary alicyclic amines) is 1. The lowest BCUT2D eigenvalue weighted by Crippen LogP contribution is -2.50. The number of nitrogens with zero attached hydrogens (tertiary/aromatic N) is 3. The van der Waals surface area contributed by atoms with Gasteiger partial charge in [0.2, 0.25) is 5.91 Å². The van der Waals surface area contributed by atoms with Crippen LogP contribution in [-0.2, 0) is 4.79 Å². The molecule has 0 aliphatic carbocycles. The molecule has 21 heavy (non-hydrogen) atoms. The number of piperidine rings is 1. The van der Waals surface area contributed by atoms with Crippen molar-refractivity contribution in [2.24, 2.45) is 5.41 Å². The van der Waals surface area contributed by atoms with Crippen LogP contribution in [0.4, 0.5) is 5.69 Å². The third-order valence-electron chi connectivity index (χ3n) is 4.92. The molecule has 1 amide bonds. The molecule has 4 heteroatoms. The minimum atomic E-state index is -0.134. The van der Waals surface area contributed by atoms with Gasteiger partial charge >= 0.3 is 0 Å². The number of amides is 1. The zero-order valence-corrected chi connectivity index (χ0v) is 13.1. The van der Waals surface area contributed by atoms with E-state index < -0.39 is 0 Å². The molecule has 0 bridgehead atoms. The van der Waals surface area contributed by atoms with Gasteiger partial charge in [-0.2, -0.15) is 0 Å². The molecule has 0 radical (unpaired) electrons. The molecule has 2 aliphatic heterocycles. The first-order valence-electron chi connectivity index (χ1n) is 8.12. The normalized spacial score (nSPS) is 25.9. The average molecular weight is 287 g/mol. The van der Waals surface area contributed by atoms with Gasteiger partial charge in [-0.25, -0.2) is 0 Å². The average Bonchev–Trinajstić information content (AvgIpc) is 2.90. The molecule has 0 aromatic carbocycles. The summed E-state index contributed by atoms with van der Waals surface area (Å²) in [6, 6.07) is 4.18. The van der Waals surface area contributed by atoms with Crippen LogP contribution in [0.1, 0.15) is 38.3 Å². The summed E-state index contributed by atoms with van der Waals surface area (Å²) in [5, 5.41) is 0. The van der Waals surface area contributed by atoms with E-state index in [9.17, 15) is 4.79 Å². The van der Waals surface area contributed by atoms with Crippen LogP contribution in [0.15, 0.2) is 18.3 Å². The van der Waals surface area contributed by atoms with Crippen molar-refractivity contribution in [2.75, 3.05) is 31.1 Å². The van der Waals surface area contributed by atoms with Gasteiger partial charge in [0.05, 0.1) is 5.41 Å². The molecule has 3 rings (SSSR count). The van der Waals surface area contributed by atoms with Gasteiger partial charge in [-0.3, -0.25) is 9.78 Å². The first-order valence-corrected chi connectivity index (χ1v) is 8.12. The molecule has 0 N–H and O–H groups in total. The zero-order chi connectivity index (χ0) is 14.9. The number of rotatable bonds is 3. The smallest absolute Gasteiger partial charge is 0.230 e. The van der Waals surface area contributed by atoms with E-state index in [1.165, 1.54) is 5.69 Å².